The summed E-state index contributed by atoms with van der Waals surface area (Å²) in [4.78, 5) is 16.8. The molecule has 2 saturated heterocycles. The predicted octanol–water partition coefficient (Wildman–Crippen LogP) is 2.02. The number of likely N-dealkylation sites (tertiary alicyclic amines) is 1. The van der Waals surface area contributed by atoms with Crippen LogP contribution in [0.15, 0.2) is 30.3 Å². The fourth-order valence-electron chi connectivity index (χ4n) is 3.53. The molecule has 1 amide bonds. The van der Waals surface area contributed by atoms with E-state index in [1.54, 1.807) is 0 Å². The molecule has 2 aliphatic heterocycles. The van der Waals surface area contributed by atoms with Crippen molar-refractivity contribution in [2.75, 3.05) is 39.4 Å². The second-order valence-corrected chi connectivity index (χ2v) is 6.99. The maximum Gasteiger partial charge on any atom is 0.260 e. The molecule has 0 N–H and O–H groups in total. The van der Waals surface area contributed by atoms with E-state index in [-0.39, 0.29) is 18.6 Å². The Kier molecular flexibility index (Phi) is 5.74. The number of rotatable bonds is 4. The van der Waals surface area contributed by atoms with Gasteiger partial charge in [0.15, 0.2) is 6.61 Å². The first-order chi connectivity index (χ1) is 11.6. The van der Waals surface area contributed by atoms with Gasteiger partial charge in [-0.1, -0.05) is 18.2 Å². The molecule has 0 radical (unpaired) electrons. The molecule has 132 valence electrons. The van der Waals surface area contributed by atoms with Gasteiger partial charge in [0.05, 0.1) is 12.7 Å². The van der Waals surface area contributed by atoms with Crippen molar-refractivity contribution < 1.29 is 14.3 Å². The Hall–Kier alpha value is -1.59. The van der Waals surface area contributed by atoms with Gasteiger partial charge in [0.1, 0.15) is 5.75 Å². The monoisotopic (exact) mass is 332 g/mol. The summed E-state index contributed by atoms with van der Waals surface area (Å²) in [5.74, 6) is 1.30. The minimum Gasteiger partial charge on any atom is -0.484 e. The zero-order chi connectivity index (χ0) is 16.9. The van der Waals surface area contributed by atoms with Crippen LogP contribution < -0.4 is 4.74 Å². The lowest BCUT2D eigenvalue weighted by atomic mass is 9.93. The first-order valence-corrected chi connectivity index (χ1v) is 8.95. The van der Waals surface area contributed by atoms with E-state index in [2.05, 4.69) is 18.7 Å². The van der Waals surface area contributed by atoms with Crippen LogP contribution in [0.3, 0.4) is 0 Å². The van der Waals surface area contributed by atoms with Crippen molar-refractivity contribution in [3.8, 4) is 5.75 Å². The normalized spacial score (nSPS) is 25.2. The Labute approximate surface area is 144 Å². The summed E-state index contributed by atoms with van der Waals surface area (Å²) < 4.78 is 11.6. The molecule has 1 aromatic carbocycles. The molecule has 0 bridgehead atoms. The molecular weight excluding hydrogens is 304 g/mol. The summed E-state index contributed by atoms with van der Waals surface area (Å²) in [6, 6.07) is 10.0. The zero-order valence-electron chi connectivity index (χ0n) is 14.7. The van der Waals surface area contributed by atoms with E-state index in [0.717, 1.165) is 38.4 Å². The molecule has 2 fully saturated rings. The first-order valence-electron chi connectivity index (χ1n) is 8.95. The van der Waals surface area contributed by atoms with Crippen LogP contribution in [0, 0.1) is 5.92 Å². The summed E-state index contributed by atoms with van der Waals surface area (Å²) in [7, 11) is 0. The zero-order valence-corrected chi connectivity index (χ0v) is 14.7. The number of amides is 1. The Bertz CT molecular complexity index is 535. The molecule has 2 atom stereocenters. The third kappa shape index (κ3) is 4.28. The smallest absolute Gasteiger partial charge is 0.260 e. The molecule has 5 nitrogen and oxygen atoms in total. The van der Waals surface area contributed by atoms with Gasteiger partial charge in [-0.25, -0.2) is 0 Å². The molecule has 3 rings (SSSR count). The number of ether oxygens (including phenoxy) is 2. The SMILES string of the molecule is CC(C)N1CCO[C@H]2CN(C(=O)COc3ccccc3)CC[C@@H]2C1. The molecule has 1 aromatic rings. The number of hydrogen-bond acceptors (Lipinski definition) is 4. The van der Waals surface area contributed by atoms with Crippen molar-refractivity contribution in [1.29, 1.82) is 0 Å². The fourth-order valence-corrected chi connectivity index (χ4v) is 3.53. The third-order valence-corrected chi connectivity index (χ3v) is 5.06. The highest BCUT2D eigenvalue weighted by Gasteiger charge is 2.35. The summed E-state index contributed by atoms with van der Waals surface area (Å²) >= 11 is 0. The van der Waals surface area contributed by atoms with Crippen LogP contribution in [0.5, 0.6) is 5.75 Å². The van der Waals surface area contributed by atoms with Gasteiger partial charge in [-0.2, -0.15) is 0 Å². The van der Waals surface area contributed by atoms with E-state index >= 15 is 0 Å². The van der Waals surface area contributed by atoms with E-state index in [1.807, 2.05) is 35.2 Å². The lowest BCUT2D eigenvalue weighted by molar-refractivity contribution is -0.139. The summed E-state index contributed by atoms with van der Waals surface area (Å²) in [5.41, 5.74) is 0. The number of carbonyl (C=O) groups is 1. The van der Waals surface area contributed by atoms with Crippen molar-refractivity contribution in [1.82, 2.24) is 9.80 Å². The van der Waals surface area contributed by atoms with E-state index in [1.165, 1.54) is 0 Å². The average Bonchev–Trinajstić information content (AvgIpc) is 2.82. The average molecular weight is 332 g/mol. The van der Waals surface area contributed by atoms with Gasteiger partial charge in [0, 0.05) is 38.1 Å². The van der Waals surface area contributed by atoms with Gasteiger partial charge in [-0.05, 0) is 32.4 Å². The molecule has 5 heteroatoms. The molecule has 0 aromatic heterocycles. The molecule has 0 unspecified atom stereocenters. The maximum absolute atomic E-state index is 12.4. The van der Waals surface area contributed by atoms with Crippen molar-refractivity contribution in [3.05, 3.63) is 30.3 Å². The van der Waals surface area contributed by atoms with Crippen molar-refractivity contribution in [3.63, 3.8) is 0 Å². The number of carbonyl (C=O) groups excluding carboxylic acids is 1. The van der Waals surface area contributed by atoms with Crippen molar-refractivity contribution >= 4 is 5.91 Å². The largest absolute Gasteiger partial charge is 0.484 e. The Morgan fingerprint density at radius 2 is 2.04 bits per heavy atom. The predicted molar refractivity (Wildman–Crippen MR) is 93.1 cm³/mol. The fraction of sp³-hybridized carbons (Fsp3) is 0.632. The van der Waals surface area contributed by atoms with Crippen LogP contribution in [0.2, 0.25) is 0 Å². The molecule has 24 heavy (non-hydrogen) atoms. The first kappa shape index (κ1) is 17.2. The molecular formula is C19H28N2O3. The standard InChI is InChI=1S/C19H28N2O3/c1-15(2)20-10-11-23-18-13-21(9-8-16(18)12-20)19(22)14-24-17-6-4-3-5-7-17/h3-7,15-16,18H,8-14H2,1-2H3/t16-,18+/m1/s1. The number of fused-ring (bicyclic) bond motifs is 1. The summed E-state index contributed by atoms with van der Waals surface area (Å²) in [5, 5.41) is 0. The minimum atomic E-state index is 0.0471. The van der Waals surface area contributed by atoms with Gasteiger partial charge >= 0.3 is 0 Å². The van der Waals surface area contributed by atoms with Crippen LogP contribution in [-0.4, -0.2) is 67.2 Å². The molecule has 2 aliphatic rings. The topological polar surface area (TPSA) is 42.0 Å². The molecule has 2 heterocycles. The molecule has 0 spiro atoms. The maximum atomic E-state index is 12.4. The highest BCUT2D eigenvalue weighted by molar-refractivity contribution is 5.77. The lowest BCUT2D eigenvalue weighted by Gasteiger charge is -2.38. The van der Waals surface area contributed by atoms with Crippen LogP contribution in [-0.2, 0) is 9.53 Å². The molecule has 0 aliphatic carbocycles. The van der Waals surface area contributed by atoms with Gasteiger partial charge in [0.2, 0.25) is 0 Å². The third-order valence-electron chi connectivity index (χ3n) is 5.06. The second kappa shape index (κ2) is 7.99. The number of nitrogens with zero attached hydrogens (tertiary/aromatic N) is 2. The van der Waals surface area contributed by atoms with Crippen LogP contribution in [0.4, 0.5) is 0 Å². The second-order valence-electron chi connectivity index (χ2n) is 6.99. The molecule has 0 saturated carbocycles. The summed E-state index contributed by atoms with van der Waals surface area (Å²) in [6.07, 6.45) is 1.16. The number of para-hydroxylation sites is 1. The number of hydrogen-bond donors (Lipinski definition) is 0. The van der Waals surface area contributed by atoms with Gasteiger partial charge in [-0.15, -0.1) is 0 Å². The Morgan fingerprint density at radius 3 is 2.79 bits per heavy atom. The Morgan fingerprint density at radius 1 is 1.25 bits per heavy atom. The lowest BCUT2D eigenvalue weighted by Crippen LogP contribution is -2.50. The number of benzene rings is 1. The van der Waals surface area contributed by atoms with Gasteiger partial charge in [0.25, 0.3) is 5.91 Å². The summed E-state index contributed by atoms with van der Waals surface area (Å²) in [6.45, 7) is 8.86. The Balaban J connectivity index is 1.52. The highest BCUT2D eigenvalue weighted by Crippen LogP contribution is 2.25. The van der Waals surface area contributed by atoms with E-state index in [0.29, 0.717) is 18.5 Å². The van der Waals surface area contributed by atoms with Crippen molar-refractivity contribution in [2.24, 2.45) is 5.92 Å². The van der Waals surface area contributed by atoms with Crippen LogP contribution >= 0.6 is 0 Å². The number of piperidine rings is 1. The van der Waals surface area contributed by atoms with E-state index in [9.17, 15) is 4.79 Å². The van der Waals surface area contributed by atoms with Gasteiger partial charge < -0.3 is 14.4 Å². The minimum absolute atomic E-state index is 0.0471. The van der Waals surface area contributed by atoms with Crippen molar-refractivity contribution in [2.45, 2.75) is 32.4 Å². The van der Waals surface area contributed by atoms with Crippen LogP contribution in [0.1, 0.15) is 20.3 Å². The highest BCUT2D eigenvalue weighted by atomic mass is 16.5. The van der Waals surface area contributed by atoms with Crippen LogP contribution in [0.25, 0.3) is 0 Å². The quantitative estimate of drug-likeness (QED) is 0.846. The van der Waals surface area contributed by atoms with E-state index in [4.69, 9.17) is 9.47 Å². The van der Waals surface area contributed by atoms with E-state index < -0.39 is 0 Å². The van der Waals surface area contributed by atoms with Gasteiger partial charge in [-0.3, -0.25) is 9.69 Å².